The van der Waals surface area contributed by atoms with Crippen molar-refractivity contribution >= 4 is 0 Å². The lowest BCUT2D eigenvalue weighted by Crippen LogP contribution is -2.19. The van der Waals surface area contributed by atoms with E-state index in [1.165, 1.54) is 29.5 Å². The Kier molecular flexibility index (Phi) is 4.17. The van der Waals surface area contributed by atoms with Gasteiger partial charge in [-0.3, -0.25) is 0 Å². The standard InChI is InChI=1S/C19H23N/c1-15(17-7-3-2-4-8-17)13-20-14-16-6-5-9-19(12-16)18-10-11-18/h2-9,12,15,18,20H,10-11,13-14H2,1H3. The van der Waals surface area contributed by atoms with Crippen LogP contribution in [0.5, 0.6) is 0 Å². The molecule has 1 N–H and O–H groups in total. The molecule has 1 nitrogen and oxygen atoms in total. The van der Waals surface area contributed by atoms with Crippen molar-refractivity contribution in [3.63, 3.8) is 0 Å². The molecular formula is C19H23N. The fraction of sp³-hybridized carbons (Fsp3) is 0.368. The van der Waals surface area contributed by atoms with Gasteiger partial charge in [0, 0.05) is 13.1 Å². The van der Waals surface area contributed by atoms with Crippen LogP contribution in [0.15, 0.2) is 54.6 Å². The van der Waals surface area contributed by atoms with Crippen LogP contribution in [0.2, 0.25) is 0 Å². The van der Waals surface area contributed by atoms with Crippen LogP contribution in [-0.2, 0) is 6.54 Å². The Labute approximate surface area is 122 Å². The third kappa shape index (κ3) is 3.49. The van der Waals surface area contributed by atoms with Gasteiger partial charge in [0.1, 0.15) is 0 Å². The van der Waals surface area contributed by atoms with Crippen LogP contribution in [0.25, 0.3) is 0 Å². The summed E-state index contributed by atoms with van der Waals surface area (Å²) in [6.45, 7) is 4.28. The molecule has 1 saturated carbocycles. The fourth-order valence-electron chi connectivity index (χ4n) is 2.71. The van der Waals surface area contributed by atoms with E-state index in [0.29, 0.717) is 5.92 Å². The quantitative estimate of drug-likeness (QED) is 0.813. The maximum absolute atomic E-state index is 3.59. The lowest BCUT2D eigenvalue weighted by Gasteiger charge is -2.13. The molecule has 1 aliphatic carbocycles. The molecule has 1 unspecified atom stereocenters. The van der Waals surface area contributed by atoms with E-state index in [1.54, 1.807) is 0 Å². The topological polar surface area (TPSA) is 12.0 Å². The Balaban J connectivity index is 1.51. The maximum atomic E-state index is 3.59. The minimum atomic E-state index is 0.558. The molecule has 0 heterocycles. The highest BCUT2D eigenvalue weighted by molar-refractivity contribution is 5.29. The van der Waals surface area contributed by atoms with Gasteiger partial charge in [0.2, 0.25) is 0 Å². The third-order valence-corrected chi connectivity index (χ3v) is 4.15. The first-order valence-electron chi connectivity index (χ1n) is 7.67. The second-order valence-electron chi connectivity index (χ2n) is 5.96. The van der Waals surface area contributed by atoms with Gasteiger partial charge in [-0.25, -0.2) is 0 Å². The van der Waals surface area contributed by atoms with Crippen molar-refractivity contribution in [1.82, 2.24) is 5.32 Å². The number of benzene rings is 2. The summed E-state index contributed by atoms with van der Waals surface area (Å²) in [5.74, 6) is 1.40. The first-order valence-corrected chi connectivity index (χ1v) is 7.67. The first-order chi connectivity index (χ1) is 9.83. The Bertz CT molecular complexity index is 543. The second-order valence-corrected chi connectivity index (χ2v) is 5.96. The minimum absolute atomic E-state index is 0.558. The van der Waals surface area contributed by atoms with E-state index in [2.05, 4.69) is 66.8 Å². The van der Waals surface area contributed by atoms with Crippen LogP contribution >= 0.6 is 0 Å². The highest BCUT2D eigenvalue weighted by atomic mass is 14.9. The van der Waals surface area contributed by atoms with E-state index in [4.69, 9.17) is 0 Å². The first kappa shape index (κ1) is 13.4. The van der Waals surface area contributed by atoms with Crippen molar-refractivity contribution in [2.24, 2.45) is 0 Å². The molecule has 0 saturated heterocycles. The smallest absolute Gasteiger partial charge is 0.0205 e. The number of hydrogen-bond acceptors (Lipinski definition) is 1. The summed E-state index contributed by atoms with van der Waals surface area (Å²) >= 11 is 0. The summed E-state index contributed by atoms with van der Waals surface area (Å²) < 4.78 is 0. The number of hydrogen-bond donors (Lipinski definition) is 1. The van der Waals surface area contributed by atoms with Gasteiger partial charge in [-0.1, -0.05) is 61.5 Å². The Morgan fingerprint density at radius 2 is 1.85 bits per heavy atom. The van der Waals surface area contributed by atoms with Gasteiger partial charge in [0.15, 0.2) is 0 Å². The van der Waals surface area contributed by atoms with Crippen molar-refractivity contribution in [3.05, 3.63) is 71.3 Å². The normalized spacial score (nSPS) is 16.1. The zero-order chi connectivity index (χ0) is 13.8. The molecule has 0 spiro atoms. The molecule has 104 valence electrons. The van der Waals surface area contributed by atoms with Crippen molar-refractivity contribution in [1.29, 1.82) is 0 Å². The largest absolute Gasteiger partial charge is 0.312 e. The van der Waals surface area contributed by atoms with E-state index in [-0.39, 0.29) is 0 Å². The molecule has 1 fully saturated rings. The lowest BCUT2D eigenvalue weighted by atomic mass is 10.0. The summed E-state index contributed by atoms with van der Waals surface area (Å²) in [6, 6.07) is 19.8. The monoisotopic (exact) mass is 265 g/mol. The van der Waals surface area contributed by atoms with Crippen molar-refractivity contribution in [2.45, 2.75) is 38.1 Å². The van der Waals surface area contributed by atoms with Gasteiger partial charge in [-0.2, -0.15) is 0 Å². The zero-order valence-electron chi connectivity index (χ0n) is 12.2. The molecule has 1 atom stereocenters. The molecule has 0 aliphatic heterocycles. The Morgan fingerprint density at radius 1 is 1.05 bits per heavy atom. The number of nitrogens with one attached hydrogen (secondary N) is 1. The third-order valence-electron chi connectivity index (χ3n) is 4.15. The average molecular weight is 265 g/mol. The van der Waals surface area contributed by atoms with Crippen LogP contribution in [-0.4, -0.2) is 6.54 Å². The zero-order valence-corrected chi connectivity index (χ0v) is 12.2. The number of rotatable bonds is 6. The van der Waals surface area contributed by atoms with E-state index >= 15 is 0 Å². The van der Waals surface area contributed by atoms with Gasteiger partial charge in [-0.05, 0) is 41.4 Å². The summed E-state index contributed by atoms with van der Waals surface area (Å²) in [4.78, 5) is 0. The minimum Gasteiger partial charge on any atom is -0.312 e. The van der Waals surface area contributed by atoms with Gasteiger partial charge in [0.05, 0.1) is 0 Å². The van der Waals surface area contributed by atoms with Gasteiger partial charge in [0.25, 0.3) is 0 Å². The van der Waals surface area contributed by atoms with E-state index in [9.17, 15) is 0 Å². The van der Waals surface area contributed by atoms with Crippen LogP contribution in [0, 0.1) is 0 Å². The van der Waals surface area contributed by atoms with Crippen molar-refractivity contribution in [3.8, 4) is 0 Å². The van der Waals surface area contributed by atoms with Gasteiger partial charge >= 0.3 is 0 Å². The average Bonchev–Trinajstić information content (AvgIpc) is 3.33. The summed E-state index contributed by atoms with van der Waals surface area (Å²) in [7, 11) is 0. The van der Waals surface area contributed by atoms with Crippen LogP contribution < -0.4 is 5.32 Å². The highest BCUT2D eigenvalue weighted by Gasteiger charge is 2.23. The van der Waals surface area contributed by atoms with Gasteiger partial charge < -0.3 is 5.32 Å². The molecule has 3 rings (SSSR count). The predicted octanol–water partition coefficient (Wildman–Crippen LogP) is 4.46. The Morgan fingerprint density at radius 3 is 2.60 bits per heavy atom. The lowest BCUT2D eigenvalue weighted by molar-refractivity contribution is 0.615. The molecule has 2 aromatic carbocycles. The van der Waals surface area contributed by atoms with Crippen LogP contribution in [0.4, 0.5) is 0 Å². The molecule has 2 aromatic rings. The van der Waals surface area contributed by atoms with Crippen molar-refractivity contribution in [2.75, 3.05) is 6.54 Å². The van der Waals surface area contributed by atoms with E-state index in [1.807, 2.05) is 0 Å². The molecule has 1 aliphatic rings. The molecule has 0 bridgehead atoms. The molecule has 0 aromatic heterocycles. The molecule has 0 radical (unpaired) electrons. The molecule has 20 heavy (non-hydrogen) atoms. The molecular weight excluding hydrogens is 242 g/mol. The van der Waals surface area contributed by atoms with Crippen molar-refractivity contribution < 1.29 is 0 Å². The Hall–Kier alpha value is -1.60. The SMILES string of the molecule is CC(CNCc1cccc(C2CC2)c1)c1ccccc1. The van der Waals surface area contributed by atoms with Crippen LogP contribution in [0.1, 0.15) is 48.3 Å². The summed E-state index contributed by atoms with van der Waals surface area (Å²) in [5.41, 5.74) is 4.35. The second kappa shape index (κ2) is 6.23. The molecule has 0 amide bonds. The maximum Gasteiger partial charge on any atom is 0.0205 e. The van der Waals surface area contributed by atoms with E-state index in [0.717, 1.165) is 19.0 Å². The fourth-order valence-corrected chi connectivity index (χ4v) is 2.71. The summed E-state index contributed by atoms with van der Waals surface area (Å²) in [6.07, 6.45) is 2.75. The summed E-state index contributed by atoms with van der Waals surface area (Å²) in [5, 5.41) is 3.59. The van der Waals surface area contributed by atoms with E-state index < -0.39 is 0 Å². The van der Waals surface area contributed by atoms with Crippen LogP contribution in [0.3, 0.4) is 0 Å². The predicted molar refractivity (Wildman–Crippen MR) is 85.0 cm³/mol. The highest BCUT2D eigenvalue weighted by Crippen LogP contribution is 2.40. The molecule has 1 heteroatoms. The van der Waals surface area contributed by atoms with Gasteiger partial charge in [-0.15, -0.1) is 0 Å².